The van der Waals surface area contributed by atoms with Gasteiger partial charge in [-0.15, -0.1) is 0 Å². The minimum atomic E-state index is -3.98. The molecule has 2 aliphatic rings. The summed E-state index contributed by atoms with van der Waals surface area (Å²) in [6.45, 7) is 5.04. The number of nitrogens with zero attached hydrogens (tertiary/aromatic N) is 2. The van der Waals surface area contributed by atoms with E-state index in [0.29, 0.717) is 23.9 Å². The first kappa shape index (κ1) is 32.3. The third-order valence-corrected chi connectivity index (χ3v) is 9.89. The number of allylic oxidation sites excluding steroid dienone is 1. The molecule has 1 N–H and O–H groups in total. The molecule has 1 aliphatic carbocycles. The summed E-state index contributed by atoms with van der Waals surface area (Å²) in [6.07, 6.45) is 4.79. The van der Waals surface area contributed by atoms with Gasteiger partial charge in [-0.05, 0) is 123 Å². The van der Waals surface area contributed by atoms with Gasteiger partial charge in [0.25, 0.3) is 15.9 Å². The van der Waals surface area contributed by atoms with E-state index in [2.05, 4.69) is 10.8 Å². The molecule has 4 aromatic carbocycles. The number of halogens is 1. The third kappa shape index (κ3) is 7.21. The maximum atomic E-state index is 14.3. The van der Waals surface area contributed by atoms with E-state index in [1.54, 1.807) is 36.4 Å². The second-order valence-electron chi connectivity index (χ2n) is 11.4. The van der Waals surface area contributed by atoms with Crippen LogP contribution in [0.15, 0.2) is 113 Å². The predicted molar refractivity (Wildman–Crippen MR) is 186 cm³/mol. The van der Waals surface area contributed by atoms with Crippen molar-refractivity contribution in [2.24, 2.45) is 11.0 Å². The molecule has 10 heteroatoms. The summed E-state index contributed by atoms with van der Waals surface area (Å²) < 4.78 is 40.5. The van der Waals surface area contributed by atoms with Crippen LogP contribution in [0.5, 0.6) is 11.5 Å². The Kier molecular flexibility index (Phi) is 9.66. The number of hydrazone groups is 1. The van der Waals surface area contributed by atoms with Gasteiger partial charge in [-0.3, -0.25) is 9.52 Å². The first-order chi connectivity index (χ1) is 22.8. The summed E-state index contributed by atoms with van der Waals surface area (Å²) in [5, 5.41) is 7.02. The number of anilines is 1. The lowest BCUT2D eigenvalue weighted by Gasteiger charge is -2.30. The molecule has 1 aliphatic heterocycles. The number of carbonyl (C=O) groups excluding carboxylic acids is 1. The second-order valence-corrected chi connectivity index (χ2v) is 13.5. The van der Waals surface area contributed by atoms with Crippen LogP contribution in [0.1, 0.15) is 60.6 Å². The monoisotopic (exact) mass is 669 g/mol. The Morgan fingerprint density at radius 3 is 2.26 bits per heavy atom. The maximum Gasteiger partial charge on any atom is 0.274 e. The summed E-state index contributed by atoms with van der Waals surface area (Å²) in [5.41, 5.74) is 4.51. The summed E-state index contributed by atoms with van der Waals surface area (Å²) in [6, 6.07) is 27.8. The van der Waals surface area contributed by atoms with Crippen molar-refractivity contribution in [1.29, 1.82) is 0 Å². The van der Waals surface area contributed by atoms with Crippen molar-refractivity contribution >= 4 is 45.0 Å². The summed E-state index contributed by atoms with van der Waals surface area (Å²) in [4.78, 5) is 14.3. The quantitative estimate of drug-likeness (QED) is 0.183. The molecule has 47 heavy (non-hydrogen) atoms. The van der Waals surface area contributed by atoms with E-state index in [-0.39, 0.29) is 28.3 Å². The normalized spacial score (nSPS) is 18.4. The Morgan fingerprint density at radius 2 is 1.60 bits per heavy atom. The van der Waals surface area contributed by atoms with Gasteiger partial charge in [0, 0.05) is 22.2 Å². The average molecular weight is 670 g/mol. The van der Waals surface area contributed by atoms with Gasteiger partial charge in [0.1, 0.15) is 11.5 Å². The van der Waals surface area contributed by atoms with Crippen molar-refractivity contribution < 1.29 is 22.7 Å². The van der Waals surface area contributed by atoms with Crippen LogP contribution >= 0.6 is 11.6 Å². The predicted octanol–water partition coefficient (Wildman–Crippen LogP) is 8.38. The minimum Gasteiger partial charge on any atom is -0.494 e. The van der Waals surface area contributed by atoms with E-state index >= 15 is 0 Å². The van der Waals surface area contributed by atoms with Crippen LogP contribution in [-0.2, 0) is 10.0 Å². The van der Waals surface area contributed by atoms with Crippen LogP contribution in [0.4, 0.5) is 5.69 Å². The Hall–Kier alpha value is -4.60. The number of benzene rings is 4. The lowest BCUT2D eigenvalue weighted by molar-refractivity contribution is 0.0680. The first-order valence-electron chi connectivity index (χ1n) is 15.7. The van der Waals surface area contributed by atoms with Crippen LogP contribution < -0.4 is 14.2 Å². The van der Waals surface area contributed by atoms with Gasteiger partial charge in [-0.25, -0.2) is 13.4 Å². The number of carbonyl (C=O) groups is 1. The number of fused-ring (bicyclic) bond motifs is 1. The van der Waals surface area contributed by atoms with Crippen LogP contribution in [0.25, 0.3) is 6.08 Å². The van der Waals surface area contributed by atoms with Gasteiger partial charge in [-0.1, -0.05) is 41.9 Å². The van der Waals surface area contributed by atoms with Gasteiger partial charge in [-0.2, -0.15) is 5.10 Å². The fourth-order valence-corrected chi connectivity index (χ4v) is 7.35. The molecule has 0 radical (unpaired) electrons. The topological polar surface area (TPSA) is 97.3 Å². The number of hydrogen-bond acceptors (Lipinski definition) is 6. The van der Waals surface area contributed by atoms with E-state index in [4.69, 9.17) is 26.2 Å². The van der Waals surface area contributed by atoms with Gasteiger partial charge in [0.05, 0.1) is 29.9 Å². The Labute approximate surface area is 280 Å². The van der Waals surface area contributed by atoms with Gasteiger partial charge >= 0.3 is 0 Å². The smallest absolute Gasteiger partial charge is 0.274 e. The van der Waals surface area contributed by atoms with Crippen LogP contribution in [0.3, 0.4) is 0 Å². The van der Waals surface area contributed by atoms with Gasteiger partial charge < -0.3 is 9.47 Å². The molecule has 1 heterocycles. The Morgan fingerprint density at radius 1 is 0.936 bits per heavy atom. The molecule has 2 unspecified atom stereocenters. The Bertz CT molecular complexity index is 1910. The van der Waals surface area contributed by atoms with Crippen molar-refractivity contribution in [3.05, 3.63) is 124 Å². The van der Waals surface area contributed by atoms with Crippen LogP contribution in [0.2, 0.25) is 5.02 Å². The zero-order valence-corrected chi connectivity index (χ0v) is 27.8. The molecule has 6 rings (SSSR count). The SMILES string of the molecule is CCOc1ccc(/C=C2/CCCC3C2=NN(C(=O)c2cccc(S(=O)(=O)Nc4ccc(Cl)cc4)c2)C3c2ccc(OCC)cc2)cc1. The van der Waals surface area contributed by atoms with Crippen molar-refractivity contribution in [2.45, 2.75) is 44.0 Å². The zero-order valence-electron chi connectivity index (χ0n) is 26.2. The molecule has 1 fully saturated rings. The van der Waals surface area contributed by atoms with E-state index in [1.165, 1.54) is 17.1 Å². The fraction of sp³-hybridized carbons (Fsp3) is 0.243. The molecule has 4 aromatic rings. The number of nitrogens with one attached hydrogen (secondary N) is 1. The molecule has 242 valence electrons. The molecule has 0 spiro atoms. The molecular weight excluding hydrogens is 634 g/mol. The molecule has 1 saturated carbocycles. The zero-order chi connectivity index (χ0) is 33.0. The number of hydrogen-bond donors (Lipinski definition) is 1. The number of sulfonamides is 1. The van der Waals surface area contributed by atoms with Crippen LogP contribution in [-0.4, -0.2) is 38.3 Å². The van der Waals surface area contributed by atoms with Crippen molar-refractivity contribution in [2.75, 3.05) is 17.9 Å². The highest BCUT2D eigenvalue weighted by Gasteiger charge is 2.44. The van der Waals surface area contributed by atoms with Crippen molar-refractivity contribution in [1.82, 2.24) is 5.01 Å². The number of rotatable bonds is 10. The number of ether oxygens (including phenoxy) is 2. The summed E-state index contributed by atoms with van der Waals surface area (Å²) in [7, 11) is -3.98. The van der Waals surface area contributed by atoms with Gasteiger partial charge in [0.15, 0.2) is 0 Å². The maximum absolute atomic E-state index is 14.3. The molecule has 0 aromatic heterocycles. The fourth-order valence-electron chi connectivity index (χ4n) is 6.12. The lowest BCUT2D eigenvalue weighted by atomic mass is 9.77. The standard InChI is InChI=1S/C37H36ClN3O5S/c1-3-45-31-19-11-25(12-20-31)23-27-7-6-10-34-35(27)39-41(36(34)26-13-21-32(22-14-26)46-4-2)37(42)28-8-5-9-33(24-28)47(43,44)40-30-17-15-29(38)16-18-30/h5,8-9,11-24,34,36,40H,3-4,6-7,10H2,1-2H3/b27-23-. The molecule has 0 bridgehead atoms. The van der Waals surface area contributed by atoms with E-state index in [1.807, 2.05) is 62.4 Å². The summed E-state index contributed by atoms with van der Waals surface area (Å²) >= 11 is 5.96. The van der Waals surface area contributed by atoms with Crippen LogP contribution in [0, 0.1) is 5.92 Å². The average Bonchev–Trinajstić information content (AvgIpc) is 3.48. The lowest BCUT2D eigenvalue weighted by Crippen LogP contribution is -2.32. The minimum absolute atomic E-state index is 0.0296. The van der Waals surface area contributed by atoms with E-state index in [9.17, 15) is 13.2 Å². The molecule has 8 nitrogen and oxygen atoms in total. The molecule has 1 amide bonds. The first-order valence-corrected chi connectivity index (χ1v) is 17.6. The molecular formula is C37H36ClN3O5S. The molecule has 0 saturated heterocycles. The highest BCUT2D eigenvalue weighted by atomic mass is 35.5. The highest BCUT2D eigenvalue weighted by molar-refractivity contribution is 7.92. The van der Waals surface area contributed by atoms with Crippen molar-refractivity contribution in [3.63, 3.8) is 0 Å². The number of amides is 1. The molecule has 2 atom stereocenters. The van der Waals surface area contributed by atoms with Crippen molar-refractivity contribution in [3.8, 4) is 11.5 Å². The Balaban J connectivity index is 1.35. The second kappa shape index (κ2) is 14.0. The van der Waals surface area contributed by atoms with E-state index in [0.717, 1.165) is 53.2 Å². The van der Waals surface area contributed by atoms with Gasteiger partial charge in [0.2, 0.25) is 0 Å². The largest absolute Gasteiger partial charge is 0.494 e. The van der Waals surface area contributed by atoms with E-state index < -0.39 is 10.0 Å². The summed E-state index contributed by atoms with van der Waals surface area (Å²) in [5.74, 6) is 1.15. The highest BCUT2D eigenvalue weighted by Crippen LogP contribution is 2.45. The third-order valence-electron chi connectivity index (χ3n) is 8.26.